The molecule has 0 bridgehead atoms. The van der Waals surface area contributed by atoms with Gasteiger partial charge in [-0.2, -0.15) is 5.10 Å². The van der Waals surface area contributed by atoms with Crippen LogP contribution in [-0.2, 0) is 6.54 Å². The number of benzene rings is 1. The largest absolute Gasteiger partial charge is 0.493 e. The van der Waals surface area contributed by atoms with E-state index in [1.54, 1.807) is 19.4 Å². The molecule has 1 heterocycles. The maximum absolute atomic E-state index is 13.3. The van der Waals surface area contributed by atoms with Crippen molar-refractivity contribution in [2.45, 2.75) is 19.5 Å². The van der Waals surface area contributed by atoms with Gasteiger partial charge in [0.15, 0.2) is 5.75 Å². The Balaban J connectivity index is 2.54. The Kier molecular flexibility index (Phi) is 4.77. The summed E-state index contributed by atoms with van der Waals surface area (Å²) in [5.74, 6) is 0.439. The van der Waals surface area contributed by atoms with Gasteiger partial charge in [-0.3, -0.25) is 4.68 Å². The molecule has 108 valence electrons. The number of nitrogens with one attached hydrogen (secondary N) is 1. The van der Waals surface area contributed by atoms with Crippen molar-refractivity contribution in [2.24, 2.45) is 0 Å². The molecule has 0 amide bonds. The van der Waals surface area contributed by atoms with Crippen LogP contribution < -0.4 is 10.1 Å². The minimum Gasteiger partial charge on any atom is -0.493 e. The lowest BCUT2D eigenvalue weighted by Gasteiger charge is -2.20. The molecule has 0 saturated carbocycles. The molecule has 0 aliphatic carbocycles. The lowest BCUT2D eigenvalue weighted by molar-refractivity contribution is 0.401. The predicted octanol–water partition coefficient (Wildman–Crippen LogP) is 3.12. The van der Waals surface area contributed by atoms with Crippen molar-refractivity contribution in [3.8, 4) is 5.75 Å². The maximum Gasteiger partial charge on any atom is 0.161 e. The SMILES string of the molecule is CCn1ncc(OC)c1C(NC)c1ccc(F)cc1Br. The van der Waals surface area contributed by atoms with Crippen LogP contribution in [0.1, 0.15) is 24.2 Å². The molecular formula is C14H17BrFN3O. The first-order valence-corrected chi connectivity index (χ1v) is 7.13. The fourth-order valence-corrected chi connectivity index (χ4v) is 2.83. The summed E-state index contributed by atoms with van der Waals surface area (Å²) in [6.45, 7) is 2.75. The number of aromatic nitrogens is 2. The van der Waals surface area contributed by atoms with E-state index >= 15 is 0 Å². The Bertz CT molecular complexity index is 579. The fourth-order valence-electron chi connectivity index (χ4n) is 2.25. The number of hydrogen-bond donors (Lipinski definition) is 1. The highest BCUT2D eigenvalue weighted by atomic mass is 79.9. The standard InChI is InChI=1S/C14H17BrFN3O/c1-4-19-14(12(20-3)8-18-19)13(17-2)10-6-5-9(16)7-11(10)15/h5-8,13,17H,4H2,1-3H3. The highest BCUT2D eigenvalue weighted by Gasteiger charge is 2.23. The second-order valence-corrected chi connectivity index (χ2v) is 5.16. The Morgan fingerprint density at radius 3 is 2.80 bits per heavy atom. The molecule has 1 aromatic carbocycles. The Morgan fingerprint density at radius 2 is 2.25 bits per heavy atom. The second-order valence-electron chi connectivity index (χ2n) is 4.30. The number of halogens is 2. The number of nitrogens with zero attached hydrogens (tertiary/aromatic N) is 2. The first-order valence-electron chi connectivity index (χ1n) is 6.34. The van der Waals surface area contributed by atoms with Crippen LogP contribution in [0, 0.1) is 5.82 Å². The van der Waals surface area contributed by atoms with E-state index < -0.39 is 0 Å². The van der Waals surface area contributed by atoms with Crippen LogP contribution in [0.15, 0.2) is 28.9 Å². The fraction of sp³-hybridized carbons (Fsp3) is 0.357. The van der Waals surface area contributed by atoms with E-state index in [0.29, 0.717) is 10.2 Å². The zero-order valence-electron chi connectivity index (χ0n) is 11.7. The molecular weight excluding hydrogens is 325 g/mol. The van der Waals surface area contributed by atoms with E-state index in [9.17, 15) is 4.39 Å². The third-order valence-electron chi connectivity index (χ3n) is 3.20. The van der Waals surface area contributed by atoms with Crippen LogP contribution >= 0.6 is 15.9 Å². The number of rotatable bonds is 5. The van der Waals surface area contributed by atoms with Crippen LogP contribution in [0.3, 0.4) is 0 Å². The van der Waals surface area contributed by atoms with Crippen LogP contribution in [-0.4, -0.2) is 23.9 Å². The van der Waals surface area contributed by atoms with Crippen molar-refractivity contribution in [2.75, 3.05) is 14.2 Å². The van der Waals surface area contributed by atoms with E-state index in [1.807, 2.05) is 18.7 Å². The van der Waals surface area contributed by atoms with Gasteiger partial charge in [0.2, 0.25) is 0 Å². The van der Waals surface area contributed by atoms with Gasteiger partial charge in [0, 0.05) is 11.0 Å². The van der Waals surface area contributed by atoms with Gasteiger partial charge in [0.05, 0.1) is 19.3 Å². The molecule has 2 aromatic rings. The first kappa shape index (κ1) is 15.0. The molecule has 0 spiro atoms. The first-order chi connectivity index (χ1) is 9.62. The zero-order chi connectivity index (χ0) is 14.7. The highest BCUT2D eigenvalue weighted by Crippen LogP contribution is 2.33. The summed E-state index contributed by atoms with van der Waals surface area (Å²) in [5.41, 5.74) is 1.85. The lowest BCUT2D eigenvalue weighted by atomic mass is 10.0. The summed E-state index contributed by atoms with van der Waals surface area (Å²) in [6, 6.07) is 4.53. The van der Waals surface area contributed by atoms with Gasteiger partial charge in [0.1, 0.15) is 11.5 Å². The number of hydrogen-bond acceptors (Lipinski definition) is 3. The summed E-state index contributed by atoms with van der Waals surface area (Å²) in [6.07, 6.45) is 1.70. The monoisotopic (exact) mass is 341 g/mol. The number of methoxy groups -OCH3 is 1. The third-order valence-corrected chi connectivity index (χ3v) is 3.89. The van der Waals surface area contributed by atoms with E-state index in [4.69, 9.17) is 4.74 Å². The average molecular weight is 342 g/mol. The van der Waals surface area contributed by atoms with Crippen molar-refractivity contribution in [3.63, 3.8) is 0 Å². The van der Waals surface area contributed by atoms with E-state index in [2.05, 4.69) is 26.3 Å². The van der Waals surface area contributed by atoms with Gasteiger partial charge in [-0.25, -0.2) is 4.39 Å². The van der Waals surface area contributed by atoms with Gasteiger partial charge in [-0.15, -0.1) is 0 Å². The second kappa shape index (κ2) is 6.37. The van der Waals surface area contributed by atoms with Crippen LogP contribution in [0.4, 0.5) is 4.39 Å². The minimum atomic E-state index is -0.272. The lowest BCUT2D eigenvalue weighted by Crippen LogP contribution is -2.22. The van der Waals surface area contributed by atoms with Gasteiger partial charge in [-0.05, 0) is 31.7 Å². The van der Waals surface area contributed by atoms with Crippen LogP contribution in [0.2, 0.25) is 0 Å². The van der Waals surface area contributed by atoms with E-state index in [-0.39, 0.29) is 11.9 Å². The van der Waals surface area contributed by atoms with Crippen LogP contribution in [0.25, 0.3) is 0 Å². The van der Waals surface area contributed by atoms with Gasteiger partial charge < -0.3 is 10.1 Å². The molecule has 6 heteroatoms. The van der Waals surface area contributed by atoms with Gasteiger partial charge in [-0.1, -0.05) is 22.0 Å². The van der Waals surface area contributed by atoms with Crippen molar-refractivity contribution < 1.29 is 9.13 Å². The molecule has 1 aromatic heterocycles. The Labute approximate surface area is 126 Å². The average Bonchev–Trinajstić information content (AvgIpc) is 2.85. The zero-order valence-corrected chi connectivity index (χ0v) is 13.2. The van der Waals surface area contributed by atoms with E-state index in [1.165, 1.54) is 12.1 Å². The molecule has 20 heavy (non-hydrogen) atoms. The number of ether oxygens (including phenoxy) is 1. The molecule has 0 aliphatic heterocycles. The summed E-state index contributed by atoms with van der Waals surface area (Å²) in [4.78, 5) is 0. The Hall–Kier alpha value is -1.40. The summed E-state index contributed by atoms with van der Waals surface area (Å²) >= 11 is 3.42. The topological polar surface area (TPSA) is 39.1 Å². The number of aryl methyl sites for hydroxylation is 1. The summed E-state index contributed by atoms with van der Waals surface area (Å²) in [7, 11) is 3.47. The molecule has 0 fully saturated rings. The van der Waals surface area contributed by atoms with Crippen molar-refractivity contribution >= 4 is 15.9 Å². The maximum atomic E-state index is 13.3. The molecule has 2 rings (SSSR count). The molecule has 1 atom stereocenters. The molecule has 0 radical (unpaired) electrons. The smallest absolute Gasteiger partial charge is 0.161 e. The van der Waals surface area contributed by atoms with Gasteiger partial charge >= 0.3 is 0 Å². The minimum absolute atomic E-state index is 0.137. The Morgan fingerprint density at radius 1 is 1.50 bits per heavy atom. The normalized spacial score (nSPS) is 12.4. The van der Waals surface area contributed by atoms with Crippen molar-refractivity contribution in [3.05, 3.63) is 45.9 Å². The highest BCUT2D eigenvalue weighted by molar-refractivity contribution is 9.10. The summed E-state index contributed by atoms with van der Waals surface area (Å²) < 4.78 is 21.2. The molecule has 0 saturated heterocycles. The van der Waals surface area contributed by atoms with Crippen molar-refractivity contribution in [1.82, 2.24) is 15.1 Å². The molecule has 4 nitrogen and oxygen atoms in total. The van der Waals surface area contributed by atoms with E-state index in [0.717, 1.165) is 17.8 Å². The summed E-state index contributed by atoms with van der Waals surface area (Å²) in [5, 5.41) is 7.55. The molecule has 0 aliphatic rings. The quantitative estimate of drug-likeness (QED) is 0.908. The van der Waals surface area contributed by atoms with Gasteiger partial charge in [0.25, 0.3) is 0 Å². The predicted molar refractivity (Wildman–Crippen MR) is 79.5 cm³/mol. The molecule has 1 unspecified atom stereocenters. The third kappa shape index (κ3) is 2.71. The van der Waals surface area contributed by atoms with Crippen LogP contribution in [0.5, 0.6) is 5.75 Å². The molecule has 1 N–H and O–H groups in total. The van der Waals surface area contributed by atoms with Crippen molar-refractivity contribution in [1.29, 1.82) is 0 Å².